The summed E-state index contributed by atoms with van der Waals surface area (Å²) in [6.45, 7) is 0.742. The molecule has 0 fully saturated rings. The second kappa shape index (κ2) is 6.94. The fraction of sp³-hybridized carbons (Fsp3) is 0.211. The van der Waals surface area contributed by atoms with Crippen LogP contribution in [-0.2, 0) is 25.5 Å². The van der Waals surface area contributed by atoms with Crippen molar-refractivity contribution in [2.75, 3.05) is 12.9 Å². The third-order valence-electron chi connectivity index (χ3n) is 4.43. The number of alkyl halides is 3. The lowest BCUT2D eigenvalue weighted by molar-refractivity contribution is -0.138. The van der Waals surface area contributed by atoms with Crippen molar-refractivity contribution in [3.05, 3.63) is 64.2 Å². The summed E-state index contributed by atoms with van der Waals surface area (Å²) in [6, 6.07) is 4.17. The largest absolute Gasteiger partial charge is 0.457 e. The number of carbonyl (C=O) groups excluding carboxylic acids is 1. The molecule has 154 valence electrons. The molecule has 2 aromatic rings. The zero-order chi connectivity index (χ0) is 21.7. The van der Waals surface area contributed by atoms with Gasteiger partial charge in [0.05, 0.1) is 11.1 Å². The summed E-state index contributed by atoms with van der Waals surface area (Å²) in [7, 11) is -4.05. The van der Waals surface area contributed by atoms with Crippen LogP contribution in [0.3, 0.4) is 0 Å². The van der Waals surface area contributed by atoms with Gasteiger partial charge in [0.2, 0.25) is 0 Å². The lowest BCUT2D eigenvalue weighted by Gasteiger charge is -2.13. The Morgan fingerprint density at radius 3 is 2.28 bits per heavy atom. The fourth-order valence-corrected chi connectivity index (χ4v) is 3.77. The monoisotopic (exact) mass is 432 g/mol. The zero-order valence-corrected chi connectivity index (χ0v) is 15.8. The van der Waals surface area contributed by atoms with E-state index < -0.39 is 56.2 Å². The summed E-state index contributed by atoms with van der Waals surface area (Å²) in [5.74, 6) is -3.40. The van der Waals surface area contributed by atoms with E-state index in [0.717, 1.165) is 12.1 Å². The number of aryl methyl sites for hydroxylation is 1. The number of benzene rings is 2. The van der Waals surface area contributed by atoms with E-state index in [-0.39, 0.29) is 22.3 Å². The third-order valence-corrected chi connectivity index (χ3v) is 5.54. The van der Waals surface area contributed by atoms with Crippen LogP contribution in [0.15, 0.2) is 35.2 Å². The van der Waals surface area contributed by atoms with Gasteiger partial charge in [0.25, 0.3) is 0 Å². The predicted molar refractivity (Wildman–Crippen MR) is 93.4 cm³/mol. The maximum Gasteiger partial charge on any atom is 0.416 e. The fourth-order valence-electron chi connectivity index (χ4n) is 3.04. The molecule has 1 heterocycles. The summed E-state index contributed by atoms with van der Waals surface area (Å²) in [4.78, 5) is 11.3. The molecule has 0 spiro atoms. The lowest BCUT2D eigenvalue weighted by atomic mass is 9.93. The van der Waals surface area contributed by atoms with Gasteiger partial charge in [-0.1, -0.05) is 12.1 Å². The van der Waals surface area contributed by atoms with Crippen LogP contribution < -0.4 is 0 Å². The average Bonchev–Trinajstić information content (AvgIpc) is 2.96. The normalized spacial score (nSPS) is 15.1. The van der Waals surface area contributed by atoms with Gasteiger partial charge in [-0.25, -0.2) is 22.0 Å². The Hall–Kier alpha value is -2.75. The number of sulfone groups is 1. The molecule has 4 nitrogen and oxygen atoms in total. The highest BCUT2D eigenvalue weighted by Crippen LogP contribution is 2.38. The number of hydrogen-bond donors (Lipinski definition) is 0. The first-order chi connectivity index (χ1) is 13.3. The molecule has 0 aliphatic carbocycles. The maximum absolute atomic E-state index is 14.5. The number of hydrogen-bond acceptors (Lipinski definition) is 4. The van der Waals surface area contributed by atoms with Gasteiger partial charge in [-0.05, 0) is 36.2 Å². The van der Waals surface area contributed by atoms with E-state index in [1.165, 1.54) is 13.0 Å². The molecule has 10 heteroatoms. The molecule has 1 aliphatic heterocycles. The van der Waals surface area contributed by atoms with Crippen LogP contribution in [0.1, 0.15) is 22.3 Å². The smallest absolute Gasteiger partial charge is 0.416 e. The molecule has 0 atom stereocenters. The van der Waals surface area contributed by atoms with Crippen molar-refractivity contribution in [1.82, 2.24) is 0 Å². The van der Waals surface area contributed by atoms with E-state index in [9.17, 15) is 35.2 Å². The number of carbonyl (C=O) groups is 1. The number of cyclic esters (lactones) is 1. The van der Waals surface area contributed by atoms with Crippen LogP contribution in [0, 0.1) is 18.6 Å². The molecule has 0 N–H and O–H groups in total. The van der Waals surface area contributed by atoms with Gasteiger partial charge in [0.15, 0.2) is 9.84 Å². The molecule has 0 radical (unpaired) electrons. The third kappa shape index (κ3) is 3.89. The van der Waals surface area contributed by atoms with Crippen molar-refractivity contribution < 1.29 is 39.9 Å². The van der Waals surface area contributed by atoms with Crippen molar-refractivity contribution >= 4 is 27.0 Å². The first kappa shape index (κ1) is 21.0. The van der Waals surface area contributed by atoms with E-state index in [1.54, 1.807) is 0 Å². The zero-order valence-electron chi connectivity index (χ0n) is 15.0. The summed E-state index contributed by atoms with van der Waals surface area (Å²) in [5, 5.41) is 0. The second-order valence-corrected chi connectivity index (χ2v) is 8.48. The van der Waals surface area contributed by atoms with Gasteiger partial charge >= 0.3 is 12.1 Å². The Labute approximate surface area is 162 Å². The number of ether oxygens (including phenoxy) is 1. The standard InChI is InChI=1S/C19H13F5O4S/c1-9-3-4-10(5-13(9)19(22,23)24)17-12(8-28-18(17)25)11-6-15(21)16(7-14(11)20)29(2,26)27/h3-7H,8H2,1-2H3. The minimum atomic E-state index is -4.68. The molecule has 1 aliphatic rings. The van der Waals surface area contributed by atoms with Crippen molar-refractivity contribution in [3.8, 4) is 0 Å². The molecule has 0 saturated heterocycles. The van der Waals surface area contributed by atoms with Crippen molar-refractivity contribution in [1.29, 1.82) is 0 Å². The summed E-state index contributed by atoms with van der Waals surface area (Å²) >= 11 is 0. The van der Waals surface area contributed by atoms with Crippen molar-refractivity contribution in [2.24, 2.45) is 0 Å². The number of rotatable bonds is 3. The Morgan fingerprint density at radius 2 is 1.69 bits per heavy atom. The topological polar surface area (TPSA) is 60.4 Å². The Morgan fingerprint density at radius 1 is 1.03 bits per heavy atom. The van der Waals surface area contributed by atoms with Crippen LogP contribution >= 0.6 is 0 Å². The maximum atomic E-state index is 14.5. The molecule has 0 amide bonds. The molecule has 0 saturated carbocycles. The minimum absolute atomic E-state index is 0.0792. The SMILES string of the molecule is Cc1ccc(C2=C(c3cc(F)c(S(C)(=O)=O)cc3F)COC2=O)cc1C(F)(F)F. The van der Waals surface area contributed by atoms with Crippen LogP contribution in [0.4, 0.5) is 22.0 Å². The average molecular weight is 432 g/mol. The number of halogens is 5. The molecular weight excluding hydrogens is 419 g/mol. The molecule has 0 bridgehead atoms. The molecular formula is C19H13F5O4S. The lowest BCUT2D eigenvalue weighted by Crippen LogP contribution is -2.09. The van der Waals surface area contributed by atoms with E-state index in [1.807, 2.05) is 0 Å². The molecule has 0 unspecified atom stereocenters. The van der Waals surface area contributed by atoms with Crippen molar-refractivity contribution in [3.63, 3.8) is 0 Å². The van der Waals surface area contributed by atoms with E-state index in [0.29, 0.717) is 18.4 Å². The van der Waals surface area contributed by atoms with Crippen LogP contribution in [0.5, 0.6) is 0 Å². The summed E-state index contributed by atoms with van der Waals surface area (Å²) < 4.78 is 96.3. The van der Waals surface area contributed by atoms with E-state index >= 15 is 0 Å². The highest BCUT2D eigenvalue weighted by molar-refractivity contribution is 7.90. The molecule has 3 rings (SSSR count). The highest BCUT2D eigenvalue weighted by Gasteiger charge is 2.35. The first-order valence-electron chi connectivity index (χ1n) is 8.08. The van der Waals surface area contributed by atoms with Crippen LogP contribution in [0.25, 0.3) is 11.1 Å². The quantitative estimate of drug-likeness (QED) is 0.540. The Balaban J connectivity index is 2.24. The second-order valence-electron chi connectivity index (χ2n) is 6.49. The van der Waals surface area contributed by atoms with Crippen LogP contribution in [-0.4, -0.2) is 27.2 Å². The van der Waals surface area contributed by atoms with E-state index in [2.05, 4.69) is 0 Å². The van der Waals surface area contributed by atoms with Gasteiger partial charge in [-0.3, -0.25) is 0 Å². The summed E-state index contributed by atoms with van der Waals surface area (Å²) in [5.41, 5.74) is -2.23. The Kier molecular flexibility index (Phi) is 5.02. The van der Waals surface area contributed by atoms with Gasteiger partial charge in [0, 0.05) is 17.4 Å². The minimum Gasteiger partial charge on any atom is -0.457 e. The van der Waals surface area contributed by atoms with Gasteiger partial charge in [-0.2, -0.15) is 13.2 Å². The Bertz CT molecular complexity index is 1160. The first-order valence-corrected chi connectivity index (χ1v) is 9.98. The van der Waals surface area contributed by atoms with Gasteiger partial charge < -0.3 is 4.74 Å². The molecule has 29 heavy (non-hydrogen) atoms. The van der Waals surface area contributed by atoms with Gasteiger partial charge in [-0.15, -0.1) is 0 Å². The molecule has 2 aromatic carbocycles. The predicted octanol–water partition coefficient (Wildman–Crippen LogP) is 4.16. The van der Waals surface area contributed by atoms with Crippen molar-refractivity contribution in [2.45, 2.75) is 18.0 Å². The van der Waals surface area contributed by atoms with Crippen LogP contribution in [0.2, 0.25) is 0 Å². The summed E-state index contributed by atoms with van der Waals surface area (Å²) in [6.07, 6.45) is -3.99. The highest BCUT2D eigenvalue weighted by atomic mass is 32.2. The molecule has 0 aromatic heterocycles. The van der Waals surface area contributed by atoms with E-state index in [4.69, 9.17) is 4.74 Å². The number of esters is 1. The van der Waals surface area contributed by atoms with Gasteiger partial charge in [0.1, 0.15) is 23.1 Å².